The van der Waals surface area contributed by atoms with E-state index < -0.39 is 29.7 Å². The number of anilines is 1. The number of hydrogen-bond donors (Lipinski definition) is 2. The van der Waals surface area contributed by atoms with Gasteiger partial charge >= 0.3 is 5.97 Å². The van der Waals surface area contributed by atoms with Crippen LogP contribution in [0, 0.1) is 17.1 Å². The number of carbonyl (C=O) groups is 2. The van der Waals surface area contributed by atoms with E-state index in [0.29, 0.717) is 27.2 Å². The van der Waals surface area contributed by atoms with E-state index in [1.165, 1.54) is 35.6 Å². The van der Waals surface area contributed by atoms with Crippen molar-refractivity contribution in [3.63, 3.8) is 0 Å². The van der Waals surface area contributed by atoms with E-state index in [0.717, 1.165) is 4.70 Å². The zero-order valence-electron chi connectivity index (χ0n) is 15.4. The largest absolute Gasteiger partial charge is 0.481 e. The van der Waals surface area contributed by atoms with E-state index >= 15 is 0 Å². The first-order valence-corrected chi connectivity index (χ1v) is 9.69. The summed E-state index contributed by atoms with van der Waals surface area (Å²) in [5, 5.41) is 26.4. The average Bonchev–Trinajstić information content (AvgIpc) is 3.30. The molecule has 0 aliphatic carbocycles. The average molecular weight is 423 g/mol. The minimum Gasteiger partial charge on any atom is -0.481 e. The van der Waals surface area contributed by atoms with Gasteiger partial charge in [-0.2, -0.15) is 5.26 Å². The third kappa shape index (κ3) is 3.49. The molecule has 1 aromatic heterocycles. The summed E-state index contributed by atoms with van der Waals surface area (Å²) in [6.45, 7) is 0. The first kappa shape index (κ1) is 19.5. The maximum Gasteiger partial charge on any atom is 0.308 e. The van der Waals surface area contributed by atoms with Crippen molar-refractivity contribution in [2.24, 2.45) is 5.16 Å². The fourth-order valence-electron chi connectivity index (χ4n) is 3.28. The Kier molecular flexibility index (Phi) is 4.93. The number of amides is 1. The molecule has 0 saturated carbocycles. The van der Waals surface area contributed by atoms with Crippen LogP contribution in [0.1, 0.15) is 24.0 Å². The number of nitrogens with zero attached hydrogens (tertiary/aromatic N) is 2. The lowest BCUT2D eigenvalue weighted by atomic mass is 9.90. The van der Waals surface area contributed by atoms with Crippen LogP contribution >= 0.6 is 11.3 Å². The number of thiophene rings is 1. The normalized spacial score (nSPS) is 17.8. The summed E-state index contributed by atoms with van der Waals surface area (Å²) >= 11 is 1.22. The van der Waals surface area contributed by atoms with Gasteiger partial charge in [-0.1, -0.05) is 35.5 Å². The van der Waals surface area contributed by atoms with Crippen molar-refractivity contribution < 1.29 is 23.9 Å². The van der Waals surface area contributed by atoms with Crippen LogP contribution in [0.15, 0.2) is 53.7 Å². The number of fused-ring (bicyclic) bond motifs is 1. The van der Waals surface area contributed by atoms with Crippen LogP contribution in [0.4, 0.5) is 9.39 Å². The van der Waals surface area contributed by atoms with Crippen molar-refractivity contribution in [1.82, 2.24) is 0 Å². The molecule has 0 saturated heterocycles. The number of aliphatic carboxylic acids is 1. The van der Waals surface area contributed by atoms with Crippen molar-refractivity contribution in [2.75, 3.05) is 5.32 Å². The predicted molar refractivity (Wildman–Crippen MR) is 109 cm³/mol. The van der Waals surface area contributed by atoms with Crippen molar-refractivity contribution in [2.45, 2.75) is 18.4 Å². The first-order valence-electron chi connectivity index (χ1n) is 8.88. The van der Waals surface area contributed by atoms with Gasteiger partial charge in [0.2, 0.25) is 5.60 Å². The minimum absolute atomic E-state index is 0.108. The molecule has 1 aliphatic rings. The molecule has 3 aromatic rings. The Hall–Kier alpha value is -3.77. The van der Waals surface area contributed by atoms with Crippen LogP contribution in [0.2, 0.25) is 0 Å². The minimum atomic E-state index is -1.78. The number of carbonyl (C=O) groups excluding carboxylic acids is 1. The fraction of sp³-hybridized carbons (Fsp3) is 0.143. The van der Waals surface area contributed by atoms with Crippen LogP contribution in [0.3, 0.4) is 0 Å². The molecule has 1 aliphatic heterocycles. The van der Waals surface area contributed by atoms with Gasteiger partial charge in [0.15, 0.2) is 0 Å². The van der Waals surface area contributed by atoms with Gasteiger partial charge in [0, 0.05) is 16.5 Å². The lowest BCUT2D eigenvalue weighted by Crippen LogP contribution is -2.45. The predicted octanol–water partition coefficient (Wildman–Crippen LogP) is 3.89. The fourth-order valence-corrected chi connectivity index (χ4v) is 4.33. The van der Waals surface area contributed by atoms with E-state index in [1.54, 1.807) is 12.1 Å². The van der Waals surface area contributed by atoms with E-state index in [-0.39, 0.29) is 6.42 Å². The number of benzene rings is 2. The highest BCUT2D eigenvalue weighted by atomic mass is 32.1. The van der Waals surface area contributed by atoms with Gasteiger partial charge < -0.3 is 15.3 Å². The van der Waals surface area contributed by atoms with E-state index in [1.807, 2.05) is 12.1 Å². The molecule has 0 fully saturated rings. The third-order valence-corrected chi connectivity index (χ3v) is 5.83. The van der Waals surface area contributed by atoms with Crippen molar-refractivity contribution >= 4 is 44.0 Å². The SMILES string of the molecule is N#Cc1c(NC(=O)C2(CC(=O)O)CC(c3ccc(F)cc3)=NO2)sc2ccccc12. The molecular weight excluding hydrogens is 409 g/mol. The Labute approximate surface area is 174 Å². The van der Waals surface area contributed by atoms with Crippen molar-refractivity contribution in [3.8, 4) is 6.07 Å². The van der Waals surface area contributed by atoms with Gasteiger partial charge in [-0.25, -0.2) is 4.39 Å². The van der Waals surface area contributed by atoms with E-state index in [9.17, 15) is 24.3 Å². The molecule has 2 N–H and O–H groups in total. The van der Waals surface area contributed by atoms with Crippen LogP contribution in [0.25, 0.3) is 10.1 Å². The number of carboxylic acid groups (broad SMARTS) is 1. The molecule has 9 heteroatoms. The molecule has 0 bridgehead atoms. The first-order chi connectivity index (χ1) is 14.4. The number of rotatable bonds is 5. The van der Waals surface area contributed by atoms with Gasteiger partial charge in [-0.15, -0.1) is 11.3 Å². The van der Waals surface area contributed by atoms with Crippen molar-refractivity contribution in [1.29, 1.82) is 5.26 Å². The molecule has 1 unspecified atom stereocenters. The molecular formula is C21H14FN3O4S. The molecule has 1 amide bonds. The second kappa shape index (κ2) is 7.57. The van der Waals surface area contributed by atoms with Gasteiger partial charge in [0.1, 0.15) is 16.9 Å². The smallest absolute Gasteiger partial charge is 0.308 e. The lowest BCUT2D eigenvalue weighted by molar-refractivity contribution is -0.152. The second-order valence-electron chi connectivity index (χ2n) is 6.75. The Morgan fingerprint density at radius 3 is 2.70 bits per heavy atom. The highest BCUT2D eigenvalue weighted by Crippen LogP contribution is 2.37. The summed E-state index contributed by atoms with van der Waals surface area (Å²) in [6.07, 6.45) is -0.733. The van der Waals surface area contributed by atoms with Crippen LogP contribution in [0.5, 0.6) is 0 Å². The molecule has 150 valence electrons. The monoisotopic (exact) mass is 423 g/mol. The van der Waals surface area contributed by atoms with Crippen LogP contribution < -0.4 is 5.32 Å². The number of carboxylic acids is 1. The Morgan fingerprint density at radius 1 is 1.27 bits per heavy atom. The zero-order chi connectivity index (χ0) is 21.3. The van der Waals surface area contributed by atoms with Crippen LogP contribution in [-0.2, 0) is 14.4 Å². The zero-order valence-corrected chi connectivity index (χ0v) is 16.2. The maximum atomic E-state index is 13.2. The van der Waals surface area contributed by atoms with Gasteiger partial charge in [-0.3, -0.25) is 9.59 Å². The molecule has 30 heavy (non-hydrogen) atoms. The number of hydrogen-bond acceptors (Lipinski definition) is 6. The molecule has 2 aromatic carbocycles. The summed E-state index contributed by atoms with van der Waals surface area (Å²) in [5.74, 6) is -2.38. The molecule has 0 spiro atoms. The Bertz CT molecular complexity index is 1230. The van der Waals surface area contributed by atoms with Gasteiger partial charge in [-0.05, 0) is 23.8 Å². The van der Waals surface area contributed by atoms with Crippen LogP contribution in [-0.4, -0.2) is 28.3 Å². The lowest BCUT2D eigenvalue weighted by Gasteiger charge is -2.23. The molecule has 0 radical (unpaired) electrons. The van der Waals surface area contributed by atoms with Gasteiger partial charge in [0.05, 0.1) is 17.7 Å². The number of nitriles is 1. The maximum absolute atomic E-state index is 13.2. The van der Waals surface area contributed by atoms with E-state index in [4.69, 9.17) is 4.84 Å². The third-order valence-electron chi connectivity index (χ3n) is 4.75. The van der Waals surface area contributed by atoms with Crippen molar-refractivity contribution in [3.05, 3.63) is 65.5 Å². The molecule has 2 heterocycles. The summed E-state index contributed by atoms with van der Waals surface area (Å²) < 4.78 is 14.0. The summed E-state index contributed by atoms with van der Waals surface area (Å²) in [7, 11) is 0. The quantitative estimate of drug-likeness (QED) is 0.647. The molecule has 1 atom stereocenters. The summed E-state index contributed by atoms with van der Waals surface area (Å²) in [6, 6.07) is 14.7. The molecule has 4 rings (SSSR count). The topological polar surface area (TPSA) is 112 Å². The van der Waals surface area contributed by atoms with E-state index in [2.05, 4.69) is 16.5 Å². The van der Waals surface area contributed by atoms with Gasteiger partial charge in [0.25, 0.3) is 5.91 Å². The molecule has 7 nitrogen and oxygen atoms in total. The highest BCUT2D eigenvalue weighted by Gasteiger charge is 2.49. The highest BCUT2D eigenvalue weighted by molar-refractivity contribution is 7.23. The Morgan fingerprint density at radius 2 is 2.00 bits per heavy atom. The Balaban J connectivity index is 1.64. The number of halogens is 1. The summed E-state index contributed by atoms with van der Waals surface area (Å²) in [4.78, 5) is 29.9. The second-order valence-corrected chi connectivity index (χ2v) is 7.80. The number of oxime groups is 1. The number of nitrogens with one attached hydrogen (secondary N) is 1. The summed E-state index contributed by atoms with van der Waals surface area (Å²) in [5.41, 5.74) is -0.621. The standard InChI is InChI=1S/C21H14FN3O4S/c22-13-7-5-12(6-8-13)16-9-21(29-25-16,10-18(26)27)20(28)24-19-15(11-23)14-3-1-2-4-17(14)30-19/h1-8H,9-10H2,(H,24,28)(H,26,27).